The van der Waals surface area contributed by atoms with Crippen LogP contribution in [0.5, 0.6) is 5.75 Å². The fraction of sp³-hybridized carbons (Fsp3) is 0.0833. The van der Waals surface area contributed by atoms with Gasteiger partial charge in [-0.2, -0.15) is 0 Å². The molecule has 4 aromatic rings. The maximum atomic E-state index is 6.09. The van der Waals surface area contributed by atoms with Crippen molar-refractivity contribution >= 4 is 17.4 Å². The van der Waals surface area contributed by atoms with Crippen LogP contribution in [0.25, 0.3) is 0 Å². The zero-order valence-electron chi connectivity index (χ0n) is 16.2. The van der Waals surface area contributed by atoms with Crippen LogP contribution in [0.3, 0.4) is 0 Å². The molecule has 5 nitrogen and oxygen atoms in total. The minimum atomic E-state index is 0.368. The number of hydrogen-bond donors (Lipinski definition) is 0. The van der Waals surface area contributed by atoms with Gasteiger partial charge in [-0.25, -0.2) is 4.98 Å². The first-order valence-electron chi connectivity index (χ1n) is 9.48. The van der Waals surface area contributed by atoms with E-state index in [0.717, 1.165) is 16.7 Å². The number of benzene rings is 3. The third-order valence-corrected chi connectivity index (χ3v) is 4.66. The molecule has 0 saturated heterocycles. The molecule has 0 unspecified atom stereocenters. The highest BCUT2D eigenvalue weighted by atomic mass is 35.5. The molecule has 0 N–H and O–H groups in total. The van der Waals surface area contributed by atoms with Gasteiger partial charge in [-0.05, 0) is 35.4 Å². The zero-order valence-corrected chi connectivity index (χ0v) is 16.9. The van der Waals surface area contributed by atoms with Crippen LogP contribution < -0.4 is 4.74 Å². The van der Waals surface area contributed by atoms with Gasteiger partial charge in [0.05, 0.1) is 5.56 Å². The molecule has 4 rings (SSSR count). The molecular formula is C24H20ClN3O2. The van der Waals surface area contributed by atoms with Crippen LogP contribution in [0.4, 0.5) is 0 Å². The van der Waals surface area contributed by atoms with Gasteiger partial charge in [0.2, 0.25) is 0 Å². The van der Waals surface area contributed by atoms with Gasteiger partial charge in [0, 0.05) is 17.4 Å². The monoisotopic (exact) mass is 417 g/mol. The highest BCUT2D eigenvalue weighted by molar-refractivity contribution is 6.30. The summed E-state index contributed by atoms with van der Waals surface area (Å²) < 4.78 is 7.89. The Hall–Kier alpha value is -3.57. The molecule has 0 saturated carbocycles. The van der Waals surface area contributed by atoms with Gasteiger partial charge in [-0.15, -0.1) is 0 Å². The van der Waals surface area contributed by atoms with E-state index in [1.165, 1.54) is 0 Å². The molecule has 1 aromatic heterocycles. The van der Waals surface area contributed by atoms with E-state index in [-0.39, 0.29) is 0 Å². The zero-order chi connectivity index (χ0) is 20.6. The fourth-order valence-corrected chi connectivity index (χ4v) is 3.01. The standard InChI is InChI=1S/C24H20ClN3O2/c25-21-12-10-20(11-13-21)16-29-23-9-5-4-8-22(23)24(28-15-14-26-18-28)27-30-17-19-6-2-1-3-7-19/h1-15,18H,16-17H2. The van der Waals surface area contributed by atoms with Crippen molar-refractivity contribution in [3.8, 4) is 5.75 Å². The number of oxime groups is 1. The first-order chi connectivity index (χ1) is 14.8. The third-order valence-electron chi connectivity index (χ3n) is 4.41. The van der Waals surface area contributed by atoms with Crippen LogP contribution in [-0.4, -0.2) is 15.4 Å². The highest BCUT2D eigenvalue weighted by Gasteiger charge is 2.13. The molecule has 0 fully saturated rings. The number of rotatable bonds is 7. The predicted molar refractivity (Wildman–Crippen MR) is 118 cm³/mol. The quantitative estimate of drug-likeness (QED) is 0.225. The van der Waals surface area contributed by atoms with E-state index < -0.39 is 0 Å². The van der Waals surface area contributed by atoms with Gasteiger partial charge < -0.3 is 9.57 Å². The molecule has 0 atom stereocenters. The van der Waals surface area contributed by atoms with Crippen molar-refractivity contribution in [1.82, 2.24) is 9.55 Å². The lowest BCUT2D eigenvalue weighted by molar-refractivity contribution is 0.129. The predicted octanol–water partition coefficient (Wildman–Crippen LogP) is 5.54. The number of halogens is 1. The Balaban J connectivity index is 1.57. The van der Waals surface area contributed by atoms with Gasteiger partial charge in [0.15, 0.2) is 5.84 Å². The Morgan fingerprint density at radius 2 is 1.60 bits per heavy atom. The molecule has 0 spiro atoms. The molecule has 0 bridgehead atoms. The van der Waals surface area contributed by atoms with Gasteiger partial charge in [-0.3, -0.25) is 4.57 Å². The summed E-state index contributed by atoms with van der Waals surface area (Å²) in [4.78, 5) is 9.80. The van der Waals surface area contributed by atoms with E-state index in [0.29, 0.717) is 29.8 Å². The Labute approximate surface area is 180 Å². The van der Waals surface area contributed by atoms with Crippen LogP contribution >= 0.6 is 11.6 Å². The van der Waals surface area contributed by atoms with Crippen LogP contribution in [0.1, 0.15) is 16.7 Å². The summed E-state index contributed by atoms with van der Waals surface area (Å²) in [6, 6.07) is 25.2. The number of nitrogens with zero attached hydrogens (tertiary/aromatic N) is 3. The average molecular weight is 418 g/mol. The Bertz CT molecular complexity index is 1100. The summed E-state index contributed by atoms with van der Waals surface area (Å²) >= 11 is 5.97. The number of ether oxygens (including phenoxy) is 1. The molecule has 1 heterocycles. The number of hydrogen-bond acceptors (Lipinski definition) is 4. The molecule has 150 valence electrons. The lowest BCUT2D eigenvalue weighted by Gasteiger charge is -2.14. The SMILES string of the molecule is Clc1ccc(COc2ccccc2C(=NOCc2ccccc2)n2ccnc2)cc1. The molecular weight excluding hydrogens is 398 g/mol. The average Bonchev–Trinajstić information content (AvgIpc) is 3.32. The van der Waals surface area contributed by atoms with E-state index in [1.807, 2.05) is 85.1 Å². The summed E-state index contributed by atoms with van der Waals surface area (Å²) in [5.41, 5.74) is 2.87. The van der Waals surface area contributed by atoms with E-state index in [4.69, 9.17) is 21.2 Å². The Morgan fingerprint density at radius 1 is 0.867 bits per heavy atom. The first-order valence-corrected chi connectivity index (χ1v) is 9.86. The number of imidazole rings is 1. The van der Waals surface area contributed by atoms with Crippen molar-refractivity contribution in [1.29, 1.82) is 0 Å². The van der Waals surface area contributed by atoms with Gasteiger partial charge in [0.1, 0.15) is 25.3 Å². The van der Waals surface area contributed by atoms with Crippen LogP contribution in [-0.2, 0) is 18.1 Å². The van der Waals surface area contributed by atoms with Gasteiger partial charge in [0.25, 0.3) is 0 Å². The smallest absolute Gasteiger partial charge is 0.188 e. The Morgan fingerprint density at radius 3 is 2.37 bits per heavy atom. The van der Waals surface area contributed by atoms with E-state index in [2.05, 4.69) is 10.1 Å². The van der Waals surface area contributed by atoms with Crippen molar-refractivity contribution in [2.75, 3.05) is 0 Å². The van der Waals surface area contributed by atoms with Crippen molar-refractivity contribution in [2.24, 2.45) is 5.16 Å². The topological polar surface area (TPSA) is 48.6 Å². The highest BCUT2D eigenvalue weighted by Crippen LogP contribution is 2.22. The molecule has 6 heteroatoms. The van der Waals surface area contributed by atoms with Crippen molar-refractivity contribution < 1.29 is 9.57 Å². The number of aromatic nitrogens is 2. The second kappa shape index (κ2) is 9.76. The summed E-state index contributed by atoms with van der Waals surface area (Å²) in [5.74, 6) is 1.29. The third kappa shape index (κ3) is 5.07. The molecule has 0 aliphatic heterocycles. The largest absolute Gasteiger partial charge is 0.488 e. The molecule has 0 aliphatic carbocycles. The second-order valence-corrected chi connectivity index (χ2v) is 6.99. The molecule has 3 aromatic carbocycles. The van der Waals surface area contributed by atoms with Crippen molar-refractivity contribution in [3.63, 3.8) is 0 Å². The summed E-state index contributed by atoms with van der Waals surface area (Å²) in [6.45, 7) is 0.781. The normalized spacial score (nSPS) is 11.3. The van der Waals surface area contributed by atoms with Gasteiger partial charge in [-0.1, -0.05) is 71.4 Å². The van der Waals surface area contributed by atoms with E-state index >= 15 is 0 Å². The second-order valence-electron chi connectivity index (χ2n) is 6.56. The number of para-hydroxylation sites is 1. The van der Waals surface area contributed by atoms with Crippen LogP contribution in [0.2, 0.25) is 5.02 Å². The molecule has 0 amide bonds. The molecule has 30 heavy (non-hydrogen) atoms. The lowest BCUT2D eigenvalue weighted by Crippen LogP contribution is -2.14. The lowest BCUT2D eigenvalue weighted by atomic mass is 10.1. The maximum absolute atomic E-state index is 6.09. The summed E-state index contributed by atoms with van der Waals surface area (Å²) in [7, 11) is 0. The minimum absolute atomic E-state index is 0.368. The fourth-order valence-electron chi connectivity index (χ4n) is 2.88. The van der Waals surface area contributed by atoms with Crippen LogP contribution in [0, 0.1) is 0 Å². The summed E-state index contributed by atoms with van der Waals surface area (Å²) in [6.07, 6.45) is 5.20. The van der Waals surface area contributed by atoms with E-state index in [9.17, 15) is 0 Å². The first kappa shape index (κ1) is 19.7. The maximum Gasteiger partial charge on any atom is 0.188 e. The van der Waals surface area contributed by atoms with Gasteiger partial charge >= 0.3 is 0 Å². The Kier molecular flexibility index (Phi) is 6.42. The molecule has 0 radical (unpaired) electrons. The van der Waals surface area contributed by atoms with Crippen molar-refractivity contribution in [3.05, 3.63) is 119 Å². The van der Waals surface area contributed by atoms with E-state index in [1.54, 1.807) is 17.1 Å². The molecule has 0 aliphatic rings. The summed E-state index contributed by atoms with van der Waals surface area (Å²) in [5, 5.41) is 5.10. The van der Waals surface area contributed by atoms with Crippen LogP contribution in [0.15, 0.2) is 103 Å². The van der Waals surface area contributed by atoms with Crippen molar-refractivity contribution in [2.45, 2.75) is 13.2 Å². The minimum Gasteiger partial charge on any atom is -0.488 e.